The molecule has 1 aromatic carbocycles. The van der Waals surface area contributed by atoms with Gasteiger partial charge in [-0.2, -0.15) is 4.39 Å². The lowest BCUT2D eigenvalue weighted by atomic mass is 9.69. The first-order valence-corrected chi connectivity index (χ1v) is 10.2. The Hall–Kier alpha value is -1.56. The van der Waals surface area contributed by atoms with Crippen molar-refractivity contribution in [2.24, 2.45) is 23.7 Å². The predicted octanol–water partition coefficient (Wildman–Crippen LogP) is 6.35. The summed E-state index contributed by atoms with van der Waals surface area (Å²) in [5.74, 6) is 7.12. The van der Waals surface area contributed by atoms with Crippen molar-refractivity contribution in [1.29, 1.82) is 0 Å². The minimum atomic E-state index is -0.953. The SMILES string of the molecule is CC[C@H]1CC[C@H](C2CCC(C#Cc3ccc(OC)c(F)c3F)CC2)CC1. The van der Waals surface area contributed by atoms with Gasteiger partial charge < -0.3 is 4.74 Å². The number of halogens is 2. The first kappa shape index (κ1) is 19.2. The van der Waals surface area contributed by atoms with Gasteiger partial charge in [-0.1, -0.05) is 38.0 Å². The summed E-state index contributed by atoms with van der Waals surface area (Å²) < 4.78 is 32.6. The van der Waals surface area contributed by atoms with Gasteiger partial charge in [-0.3, -0.25) is 0 Å². The van der Waals surface area contributed by atoms with Crippen molar-refractivity contribution < 1.29 is 13.5 Å². The molecule has 0 spiro atoms. The van der Waals surface area contributed by atoms with Gasteiger partial charge in [0.1, 0.15) is 0 Å². The summed E-state index contributed by atoms with van der Waals surface area (Å²) in [6, 6.07) is 2.94. The van der Waals surface area contributed by atoms with Crippen LogP contribution in [0.3, 0.4) is 0 Å². The van der Waals surface area contributed by atoms with Gasteiger partial charge in [-0.05, 0) is 68.4 Å². The second-order valence-corrected chi connectivity index (χ2v) is 8.01. The first-order valence-electron chi connectivity index (χ1n) is 10.2. The number of hydrogen-bond donors (Lipinski definition) is 0. The van der Waals surface area contributed by atoms with E-state index < -0.39 is 11.6 Å². The fraction of sp³-hybridized carbons (Fsp3) is 0.652. The van der Waals surface area contributed by atoms with E-state index in [2.05, 4.69) is 18.8 Å². The molecule has 0 amide bonds. The molecule has 2 saturated carbocycles. The Morgan fingerprint density at radius 3 is 2.12 bits per heavy atom. The summed E-state index contributed by atoms with van der Waals surface area (Å²) in [5.41, 5.74) is 0.128. The molecule has 3 rings (SSSR count). The lowest BCUT2D eigenvalue weighted by Gasteiger charge is -2.36. The van der Waals surface area contributed by atoms with Crippen LogP contribution in [0.2, 0.25) is 0 Å². The molecule has 0 bridgehead atoms. The zero-order chi connectivity index (χ0) is 18.5. The van der Waals surface area contributed by atoms with Gasteiger partial charge in [0.15, 0.2) is 11.6 Å². The van der Waals surface area contributed by atoms with Crippen LogP contribution in [0.4, 0.5) is 8.78 Å². The maximum Gasteiger partial charge on any atom is 0.201 e. The third-order valence-electron chi connectivity index (χ3n) is 6.59. The van der Waals surface area contributed by atoms with Gasteiger partial charge in [-0.25, -0.2) is 4.39 Å². The van der Waals surface area contributed by atoms with Crippen molar-refractivity contribution in [1.82, 2.24) is 0 Å². The zero-order valence-corrected chi connectivity index (χ0v) is 16.0. The van der Waals surface area contributed by atoms with E-state index in [-0.39, 0.29) is 11.3 Å². The predicted molar refractivity (Wildman–Crippen MR) is 101 cm³/mol. The van der Waals surface area contributed by atoms with Gasteiger partial charge in [0, 0.05) is 5.92 Å². The summed E-state index contributed by atoms with van der Waals surface area (Å²) in [6.07, 6.45) is 11.6. The number of ether oxygens (including phenoxy) is 1. The number of rotatable bonds is 3. The zero-order valence-electron chi connectivity index (χ0n) is 16.0. The quantitative estimate of drug-likeness (QED) is 0.571. The molecule has 0 radical (unpaired) electrons. The molecular weight excluding hydrogens is 330 g/mol. The minimum Gasteiger partial charge on any atom is -0.494 e. The monoisotopic (exact) mass is 360 g/mol. The van der Waals surface area contributed by atoms with Crippen molar-refractivity contribution in [2.75, 3.05) is 7.11 Å². The third-order valence-corrected chi connectivity index (χ3v) is 6.59. The molecule has 0 saturated heterocycles. The molecule has 0 aliphatic heterocycles. The Morgan fingerprint density at radius 1 is 0.923 bits per heavy atom. The van der Waals surface area contributed by atoms with E-state index in [9.17, 15) is 8.78 Å². The maximum atomic E-state index is 14.0. The standard InChI is InChI=1S/C23H30F2O/c1-3-16-4-9-18(10-5-16)19-11-6-17(7-12-19)8-13-20-14-15-21(26-2)23(25)22(20)24/h14-19H,3-7,9-12H2,1-2H3/t16-,17?,18-,19?. The molecule has 2 aliphatic carbocycles. The second kappa shape index (κ2) is 8.89. The molecule has 2 aliphatic rings. The summed E-state index contributed by atoms with van der Waals surface area (Å²) in [5, 5.41) is 0. The van der Waals surface area contributed by atoms with E-state index in [1.807, 2.05) is 0 Å². The van der Waals surface area contributed by atoms with Gasteiger partial charge in [0.05, 0.1) is 12.7 Å². The van der Waals surface area contributed by atoms with Crippen LogP contribution in [0.1, 0.15) is 70.3 Å². The van der Waals surface area contributed by atoms with Crippen LogP contribution in [0.5, 0.6) is 5.75 Å². The fourth-order valence-corrected chi connectivity index (χ4v) is 4.77. The van der Waals surface area contributed by atoms with E-state index in [0.29, 0.717) is 5.92 Å². The lowest BCUT2D eigenvalue weighted by molar-refractivity contribution is 0.156. The van der Waals surface area contributed by atoms with E-state index >= 15 is 0 Å². The molecule has 1 nitrogen and oxygen atoms in total. The van der Waals surface area contributed by atoms with Crippen LogP contribution >= 0.6 is 0 Å². The molecule has 0 unspecified atom stereocenters. The Morgan fingerprint density at radius 2 is 1.54 bits per heavy atom. The van der Waals surface area contributed by atoms with Crippen molar-refractivity contribution in [3.63, 3.8) is 0 Å². The molecule has 0 atom stereocenters. The van der Waals surface area contributed by atoms with Crippen molar-refractivity contribution in [3.8, 4) is 17.6 Å². The molecule has 1 aromatic rings. The number of hydrogen-bond acceptors (Lipinski definition) is 1. The van der Waals surface area contributed by atoms with E-state index in [4.69, 9.17) is 4.74 Å². The highest BCUT2D eigenvalue weighted by Crippen LogP contribution is 2.41. The largest absolute Gasteiger partial charge is 0.494 e. The molecule has 3 heteroatoms. The van der Waals surface area contributed by atoms with Crippen LogP contribution in [0, 0.1) is 47.1 Å². The second-order valence-electron chi connectivity index (χ2n) is 8.01. The van der Waals surface area contributed by atoms with Crippen LogP contribution in [-0.4, -0.2) is 7.11 Å². The Bertz CT molecular complexity index is 657. The van der Waals surface area contributed by atoms with Gasteiger partial charge in [0.25, 0.3) is 0 Å². The summed E-state index contributed by atoms with van der Waals surface area (Å²) in [7, 11) is 1.33. The highest BCUT2D eigenvalue weighted by Gasteiger charge is 2.30. The van der Waals surface area contributed by atoms with Gasteiger partial charge in [0.2, 0.25) is 5.82 Å². The van der Waals surface area contributed by atoms with E-state index in [1.165, 1.54) is 64.2 Å². The van der Waals surface area contributed by atoms with Gasteiger partial charge in [-0.15, -0.1) is 0 Å². The topological polar surface area (TPSA) is 9.23 Å². The molecule has 0 heterocycles. The van der Waals surface area contributed by atoms with E-state index in [1.54, 1.807) is 0 Å². The summed E-state index contributed by atoms with van der Waals surface area (Å²) >= 11 is 0. The smallest absolute Gasteiger partial charge is 0.201 e. The minimum absolute atomic E-state index is 0.0775. The number of benzene rings is 1. The Balaban J connectivity index is 1.54. The molecular formula is C23H30F2O. The number of methoxy groups -OCH3 is 1. The van der Waals surface area contributed by atoms with Gasteiger partial charge >= 0.3 is 0 Å². The summed E-state index contributed by atoms with van der Waals surface area (Å²) in [6.45, 7) is 2.31. The Kier molecular flexibility index (Phi) is 6.57. The first-order chi connectivity index (χ1) is 12.6. The molecule has 142 valence electrons. The highest BCUT2D eigenvalue weighted by atomic mass is 19.2. The Labute approximate surface area is 156 Å². The third kappa shape index (κ3) is 4.40. The normalized spacial score (nSPS) is 28.9. The van der Waals surface area contributed by atoms with Crippen LogP contribution in [0.25, 0.3) is 0 Å². The van der Waals surface area contributed by atoms with Crippen molar-refractivity contribution in [3.05, 3.63) is 29.3 Å². The molecule has 0 N–H and O–H groups in total. The average Bonchev–Trinajstić information content (AvgIpc) is 2.70. The lowest BCUT2D eigenvalue weighted by Crippen LogP contribution is -2.25. The van der Waals surface area contributed by atoms with Crippen molar-refractivity contribution in [2.45, 2.75) is 64.7 Å². The fourth-order valence-electron chi connectivity index (χ4n) is 4.77. The van der Waals surface area contributed by atoms with E-state index in [0.717, 1.165) is 30.6 Å². The molecule has 2 fully saturated rings. The highest BCUT2D eigenvalue weighted by molar-refractivity contribution is 5.41. The maximum absolute atomic E-state index is 14.0. The van der Waals surface area contributed by atoms with Crippen LogP contribution < -0.4 is 4.74 Å². The van der Waals surface area contributed by atoms with Crippen LogP contribution in [-0.2, 0) is 0 Å². The summed E-state index contributed by atoms with van der Waals surface area (Å²) in [4.78, 5) is 0. The van der Waals surface area contributed by atoms with Crippen molar-refractivity contribution >= 4 is 0 Å². The molecule has 0 aromatic heterocycles. The molecule has 26 heavy (non-hydrogen) atoms. The average molecular weight is 360 g/mol. The van der Waals surface area contributed by atoms with Crippen LogP contribution in [0.15, 0.2) is 12.1 Å².